The third-order valence-electron chi connectivity index (χ3n) is 5.58. The Morgan fingerprint density at radius 3 is 2.71 bits per heavy atom. The van der Waals surface area contributed by atoms with Gasteiger partial charge in [-0.3, -0.25) is 9.59 Å². The molecule has 2 atom stereocenters. The molecule has 0 radical (unpaired) electrons. The number of ether oxygens (including phenoxy) is 1. The number of amides is 3. The molecule has 7 nitrogen and oxygen atoms in total. The molecule has 2 aliphatic rings. The van der Waals surface area contributed by atoms with Crippen molar-refractivity contribution in [3.63, 3.8) is 0 Å². The van der Waals surface area contributed by atoms with E-state index in [0.29, 0.717) is 26.2 Å². The molecule has 2 aliphatic heterocycles. The normalized spacial score (nSPS) is 22.3. The summed E-state index contributed by atoms with van der Waals surface area (Å²) in [5, 5.41) is 2.97. The van der Waals surface area contributed by atoms with Gasteiger partial charge in [0.2, 0.25) is 5.91 Å². The van der Waals surface area contributed by atoms with Crippen molar-refractivity contribution < 1.29 is 19.1 Å². The zero-order valence-electron chi connectivity index (χ0n) is 16.9. The maximum atomic E-state index is 12.7. The number of nitrogens with zero attached hydrogens (tertiary/aromatic N) is 2. The number of aryl methyl sites for hydroxylation is 2. The second-order valence-corrected chi connectivity index (χ2v) is 7.66. The Morgan fingerprint density at radius 2 is 2.00 bits per heavy atom. The van der Waals surface area contributed by atoms with Crippen LogP contribution in [0, 0.1) is 19.8 Å². The number of urea groups is 1. The maximum Gasteiger partial charge on any atom is 0.317 e. The number of hydrogen-bond acceptors (Lipinski definition) is 4. The molecule has 2 heterocycles. The van der Waals surface area contributed by atoms with E-state index in [-0.39, 0.29) is 36.3 Å². The molecule has 28 heavy (non-hydrogen) atoms. The van der Waals surface area contributed by atoms with Gasteiger partial charge in [0, 0.05) is 31.7 Å². The Kier molecular flexibility index (Phi) is 6.21. The number of anilines is 1. The van der Waals surface area contributed by atoms with Gasteiger partial charge in [-0.1, -0.05) is 6.07 Å². The van der Waals surface area contributed by atoms with Gasteiger partial charge in [0.15, 0.2) is 0 Å². The van der Waals surface area contributed by atoms with Crippen molar-refractivity contribution in [1.29, 1.82) is 0 Å². The Hall–Kier alpha value is -2.57. The highest BCUT2D eigenvalue weighted by Gasteiger charge is 2.34. The van der Waals surface area contributed by atoms with E-state index in [1.807, 2.05) is 32.0 Å². The molecule has 3 rings (SSSR count). The Labute approximate surface area is 166 Å². The lowest BCUT2D eigenvalue weighted by molar-refractivity contribution is -0.149. The summed E-state index contributed by atoms with van der Waals surface area (Å²) >= 11 is 0. The summed E-state index contributed by atoms with van der Waals surface area (Å²) in [5.41, 5.74) is 3.18. The minimum atomic E-state index is -0.267. The summed E-state index contributed by atoms with van der Waals surface area (Å²) in [6.07, 6.45) is 1.80. The quantitative estimate of drug-likeness (QED) is 0.805. The first-order valence-corrected chi connectivity index (χ1v) is 9.98. The van der Waals surface area contributed by atoms with Gasteiger partial charge in [-0.2, -0.15) is 0 Å². The molecular formula is C21H29N3O4. The predicted octanol–water partition coefficient (Wildman–Crippen LogP) is 2.39. The number of hydrogen-bond donors (Lipinski definition) is 1. The second-order valence-electron chi connectivity index (χ2n) is 7.66. The van der Waals surface area contributed by atoms with Crippen molar-refractivity contribution in [1.82, 2.24) is 10.2 Å². The van der Waals surface area contributed by atoms with Crippen LogP contribution in [-0.4, -0.2) is 55.1 Å². The van der Waals surface area contributed by atoms with E-state index in [1.165, 1.54) is 5.56 Å². The number of benzene rings is 1. The van der Waals surface area contributed by atoms with Gasteiger partial charge in [0.25, 0.3) is 0 Å². The van der Waals surface area contributed by atoms with Crippen molar-refractivity contribution in [3.05, 3.63) is 29.3 Å². The highest BCUT2D eigenvalue weighted by atomic mass is 16.5. The summed E-state index contributed by atoms with van der Waals surface area (Å²) in [6, 6.07) is 5.51. The highest BCUT2D eigenvalue weighted by Crippen LogP contribution is 2.24. The molecule has 2 fully saturated rings. The Balaban J connectivity index is 1.58. The maximum absolute atomic E-state index is 12.7. The van der Waals surface area contributed by atoms with Crippen molar-refractivity contribution in [2.45, 2.75) is 46.1 Å². The van der Waals surface area contributed by atoms with Gasteiger partial charge in [-0.15, -0.1) is 0 Å². The SMILES string of the molecule is CCOC(=O)[C@H]1CCCN(C(=O)N[C@H]2CC(=O)N(c3ccc(C)c(C)c3)C2)C1. The monoisotopic (exact) mass is 387 g/mol. The highest BCUT2D eigenvalue weighted by molar-refractivity contribution is 5.97. The van der Waals surface area contributed by atoms with Crippen LogP contribution in [0.15, 0.2) is 18.2 Å². The fourth-order valence-electron chi connectivity index (χ4n) is 3.83. The van der Waals surface area contributed by atoms with E-state index >= 15 is 0 Å². The number of carbonyl (C=O) groups excluding carboxylic acids is 3. The number of rotatable bonds is 4. The smallest absolute Gasteiger partial charge is 0.317 e. The van der Waals surface area contributed by atoms with E-state index in [0.717, 1.165) is 24.1 Å². The molecule has 0 saturated carbocycles. The van der Waals surface area contributed by atoms with Gasteiger partial charge in [0.05, 0.1) is 18.6 Å². The molecule has 7 heteroatoms. The summed E-state index contributed by atoms with van der Waals surface area (Å²) in [6.45, 7) is 7.63. The lowest BCUT2D eigenvalue weighted by Crippen LogP contribution is -2.50. The Bertz CT molecular complexity index is 764. The van der Waals surface area contributed by atoms with E-state index in [9.17, 15) is 14.4 Å². The molecule has 0 aliphatic carbocycles. The molecule has 1 aromatic rings. The number of esters is 1. The van der Waals surface area contributed by atoms with Gasteiger partial charge >= 0.3 is 12.0 Å². The van der Waals surface area contributed by atoms with Crippen LogP contribution in [0.25, 0.3) is 0 Å². The standard InChI is InChI=1S/C21H29N3O4/c1-4-28-20(26)16-6-5-9-23(12-16)21(27)22-17-11-19(25)24(13-17)18-8-7-14(2)15(3)10-18/h7-8,10,16-17H,4-6,9,11-13H2,1-3H3,(H,22,27)/t16-,17-/m0/s1. The Morgan fingerprint density at radius 1 is 1.21 bits per heavy atom. The first kappa shape index (κ1) is 20.2. The van der Waals surface area contributed by atoms with Crippen LogP contribution in [0.2, 0.25) is 0 Å². The first-order chi connectivity index (χ1) is 13.4. The van der Waals surface area contributed by atoms with Crippen LogP contribution in [-0.2, 0) is 14.3 Å². The molecule has 2 saturated heterocycles. The van der Waals surface area contributed by atoms with E-state index in [4.69, 9.17) is 4.74 Å². The number of piperidine rings is 1. The molecule has 1 N–H and O–H groups in total. The van der Waals surface area contributed by atoms with E-state index in [2.05, 4.69) is 5.32 Å². The molecule has 1 aromatic carbocycles. The van der Waals surface area contributed by atoms with Crippen molar-refractivity contribution >= 4 is 23.6 Å². The minimum Gasteiger partial charge on any atom is -0.466 e. The van der Waals surface area contributed by atoms with Crippen LogP contribution < -0.4 is 10.2 Å². The van der Waals surface area contributed by atoms with Crippen LogP contribution in [0.3, 0.4) is 0 Å². The number of carbonyl (C=O) groups is 3. The molecule has 152 valence electrons. The lowest BCUT2D eigenvalue weighted by atomic mass is 9.98. The summed E-state index contributed by atoms with van der Waals surface area (Å²) in [7, 11) is 0. The molecule has 0 spiro atoms. The number of likely N-dealkylation sites (tertiary alicyclic amines) is 1. The van der Waals surface area contributed by atoms with Crippen LogP contribution in [0.5, 0.6) is 0 Å². The van der Waals surface area contributed by atoms with Crippen LogP contribution in [0.1, 0.15) is 37.3 Å². The average molecular weight is 387 g/mol. The topological polar surface area (TPSA) is 79.0 Å². The van der Waals surface area contributed by atoms with Crippen LogP contribution in [0.4, 0.5) is 10.5 Å². The van der Waals surface area contributed by atoms with Gasteiger partial charge in [0.1, 0.15) is 0 Å². The molecular weight excluding hydrogens is 358 g/mol. The van der Waals surface area contributed by atoms with Gasteiger partial charge in [-0.05, 0) is 56.9 Å². The first-order valence-electron chi connectivity index (χ1n) is 9.98. The predicted molar refractivity (Wildman–Crippen MR) is 106 cm³/mol. The van der Waals surface area contributed by atoms with Crippen molar-refractivity contribution in [2.75, 3.05) is 31.1 Å². The van der Waals surface area contributed by atoms with E-state index in [1.54, 1.807) is 16.7 Å². The lowest BCUT2D eigenvalue weighted by Gasteiger charge is -2.32. The number of nitrogens with one attached hydrogen (secondary N) is 1. The average Bonchev–Trinajstić information content (AvgIpc) is 3.04. The minimum absolute atomic E-state index is 0.0107. The van der Waals surface area contributed by atoms with Gasteiger partial charge < -0.3 is 19.9 Å². The molecule has 0 unspecified atom stereocenters. The second kappa shape index (κ2) is 8.63. The van der Waals surface area contributed by atoms with E-state index < -0.39 is 0 Å². The zero-order chi connectivity index (χ0) is 20.3. The fraction of sp³-hybridized carbons (Fsp3) is 0.571. The van der Waals surface area contributed by atoms with Crippen molar-refractivity contribution in [3.8, 4) is 0 Å². The summed E-state index contributed by atoms with van der Waals surface area (Å²) < 4.78 is 5.09. The molecule has 0 bridgehead atoms. The van der Waals surface area contributed by atoms with Crippen molar-refractivity contribution in [2.24, 2.45) is 5.92 Å². The summed E-state index contributed by atoms with van der Waals surface area (Å²) in [4.78, 5) is 40.5. The fourth-order valence-corrected chi connectivity index (χ4v) is 3.83. The third kappa shape index (κ3) is 4.46. The van der Waals surface area contributed by atoms with Gasteiger partial charge in [-0.25, -0.2) is 4.79 Å². The molecule has 3 amide bonds. The largest absolute Gasteiger partial charge is 0.466 e. The molecule has 0 aromatic heterocycles. The third-order valence-corrected chi connectivity index (χ3v) is 5.58. The van der Waals surface area contributed by atoms with Crippen LogP contribution >= 0.6 is 0 Å². The summed E-state index contributed by atoms with van der Waals surface area (Å²) in [5.74, 6) is -0.495. The zero-order valence-corrected chi connectivity index (χ0v) is 16.9.